The number of methoxy groups -OCH3 is 1. The van der Waals surface area contributed by atoms with Crippen LogP contribution in [0.25, 0.3) is 22.2 Å². The van der Waals surface area contributed by atoms with E-state index in [1.807, 2.05) is 0 Å². The number of ether oxygens (including phenoxy) is 2. The van der Waals surface area contributed by atoms with Crippen molar-refractivity contribution in [1.82, 2.24) is 19.9 Å². The Morgan fingerprint density at radius 2 is 1.90 bits per heavy atom. The van der Waals surface area contributed by atoms with E-state index in [0.717, 1.165) is 6.92 Å². The summed E-state index contributed by atoms with van der Waals surface area (Å²) in [4.78, 5) is 18.4. The van der Waals surface area contributed by atoms with Crippen molar-refractivity contribution >= 4 is 28.2 Å². The van der Waals surface area contributed by atoms with Crippen molar-refractivity contribution < 1.29 is 31.4 Å². The highest BCUT2D eigenvalue weighted by Crippen LogP contribution is 2.45. The van der Waals surface area contributed by atoms with Crippen LogP contribution in [0.5, 0.6) is 11.9 Å². The van der Waals surface area contributed by atoms with Crippen LogP contribution in [0, 0.1) is 18.6 Å². The minimum Gasteiger partial charge on any atom is -0.472 e. The topological polar surface area (TPSA) is 125 Å². The smallest absolute Gasteiger partial charge is 0.417 e. The number of benzene rings is 1. The van der Waals surface area contributed by atoms with E-state index < -0.39 is 57.5 Å². The van der Waals surface area contributed by atoms with Gasteiger partial charge in [0.1, 0.15) is 40.2 Å². The summed E-state index contributed by atoms with van der Waals surface area (Å²) < 4.78 is 84.0. The van der Waals surface area contributed by atoms with E-state index in [-0.39, 0.29) is 42.0 Å². The number of rotatable bonds is 4. The van der Waals surface area contributed by atoms with Gasteiger partial charge < -0.3 is 25.8 Å². The van der Waals surface area contributed by atoms with Gasteiger partial charge in [-0.05, 0) is 31.5 Å². The maximum atomic E-state index is 16.2. The third-order valence-corrected chi connectivity index (χ3v) is 6.34. The van der Waals surface area contributed by atoms with Gasteiger partial charge in [0.15, 0.2) is 5.82 Å². The van der Waals surface area contributed by atoms with Gasteiger partial charge in [-0.3, -0.25) is 0 Å². The lowest BCUT2D eigenvalue weighted by atomic mass is 9.96. The number of nitrogens with zero attached hydrogens (tertiary/aromatic N) is 5. The van der Waals surface area contributed by atoms with Crippen molar-refractivity contribution in [1.29, 1.82) is 0 Å². The Morgan fingerprint density at radius 1 is 1.15 bits per heavy atom. The number of pyridine rings is 2. The zero-order valence-electron chi connectivity index (χ0n) is 20.9. The summed E-state index contributed by atoms with van der Waals surface area (Å²) in [5.41, 5.74) is 7.60. The van der Waals surface area contributed by atoms with Crippen molar-refractivity contribution in [3.8, 4) is 23.1 Å². The molecule has 1 aromatic carbocycles. The Bertz CT molecular complexity index is 1610. The third-order valence-electron chi connectivity index (χ3n) is 6.34. The second kappa shape index (κ2) is 9.36. The summed E-state index contributed by atoms with van der Waals surface area (Å²) in [6, 6.07) is 3.92. The summed E-state index contributed by atoms with van der Waals surface area (Å²) in [6.07, 6.45) is -4.10. The predicted molar refractivity (Wildman–Crippen MR) is 133 cm³/mol. The molecule has 0 radical (unpaired) electrons. The zero-order chi connectivity index (χ0) is 28.2. The number of anilines is 3. The maximum absolute atomic E-state index is 16.2. The molecule has 14 heteroatoms. The van der Waals surface area contributed by atoms with Gasteiger partial charge in [0.25, 0.3) is 0 Å². The molecule has 3 aromatic heterocycles. The Morgan fingerprint density at radius 3 is 2.56 bits per heavy atom. The molecule has 0 spiro atoms. The van der Waals surface area contributed by atoms with E-state index in [2.05, 4.69) is 19.9 Å². The SMILES string of the molecule is COc1nc2c3c(nc(-c4cc(N)c(F)c(C)c4C(F)(F)F)c(F)c3n1)OC(C)CN2Cc1cccnc1N. The number of nitrogens with two attached hydrogens (primary N) is 2. The van der Waals surface area contributed by atoms with Crippen LogP contribution in [0.3, 0.4) is 0 Å². The second-order valence-corrected chi connectivity index (χ2v) is 9.02. The molecule has 39 heavy (non-hydrogen) atoms. The standard InChI is InChI=1S/C25H22F5N7O2/c1-10-8-37(9-12-5-4-6-33-21(12)32)22-15-20(35-24(36-22)38-3)18(27)19(34-23(15)39-10)13-7-14(31)17(26)11(2)16(13)25(28,29)30/h4-7,10H,8-9,31H2,1-3H3,(H2,32,33). The van der Waals surface area contributed by atoms with Crippen molar-refractivity contribution in [2.75, 3.05) is 30.0 Å². The van der Waals surface area contributed by atoms with Crippen molar-refractivity contribution in [2.45, 2.75) is 32.7 Å². The zero-order valence-corrected chi connectivity index (χ0v) is 20.9. The van der Waals surface area contributed by atoms with Crippen LogP contribution in [-0.2, 0) is 12.7 Å². The molecule has 1 aliphatic heterocycles. The van der Waals surface area contributed by atoms with Crippen LogP contribution in [0.1, 0.15) is 23.6 Å². The Kier molecular flexibility index (Phi) is 6.27. The number of halogens is 5. The highest BCUT2D eigenvalue weighted by atomic mass is 19.4. The van der Waals surface area contributed by atoms with Crippen LogP contribution in [0.15, 0.2) is 24.4 Å². The summed E-state index contributed by atoms with van der Waals surface area (Å²) in [5.74, 6) is -2.24. The highest BCUT2D eigenvalue weighted by Gasteiger charge is 2.39. The molecule has 1 atom stereocenters. The fourth-order valence-electron chi connectivity index (χ4n) is 4.61. The molecule has 0 bridgehead atoms. The predicted octanol–water partition coefficient (Wildman–Crippen LogP) is 4.65. The first-order valence-electron chi connectivity index (χ1n) is 11.6. The van der Waals surface area contributed by atoms with Crippen molar-refractivity contribution in [2.24, 2.45) is 0 Å². The molecule has 0 saturated carbocycles. The molecule has 204 valence electrons. The van der Waals surface area contributed by atoms with E-state index in [1.165, 1.54) is 13.3 Å². The van der Waals surface area contributed by atoms with Crippen LogP contribution < -0.4 is 25.8 Å². The molecule has 0 aliphatic carbocycles. The van der Waals surface area contributed by atoms with E-state index in [0.29, 0.717) is 11.6 Å². The molecular formula is C25H22F5N7O2. The number of hydrogen-bond donors (Lipinski definition) is 2. The minimum absolute atomic E-state index is 0.0178. The van der Waals surface area contributed by atoms with E-state index in [4.69, 9.17) is 20.9 Å². The van der Waals surface area contributed by atoms with Gasteiger partial charge in [-0.2, -0.15) is 23.1 Å². The normalized spacial score (nSPS) is 15.3. The molecule has 5 rings (SSSR count). The molecule has 4 heterocycles. The van der Waals surface area contributed by atoms with Crippen LogP contribution in [0.4, 0.5) is 39.3 Å². The van der Waals surface area contributed by atoms with E-state index in [1.54, 1.807) is 24.0 Å². The van der Waals surface area contributed by atoms with Gasteiger partial charge in [0.05, 0.1) is 24.9 Å². The fourth-order valence-corrected chi connectivity index (χ4v) is 4.61. The largest absolute Gasteiger partial charge is 0.472 e. The van der Waals surface area contributed by atoms with Gasteiger partial charge in [-0.25, -0.2) is 18.7 Å². The average Bonchev–Trinajstić information content (AvgIpc) is 3.00. The van der Waals surface area contributed by atoms with Crippen LogP contribution >= 0.6 is 0 Å². The van der Waals surface area contributed by atoms with Crippen molar-refractivity contribution in [3.05, 3.63) is 52.7 Å². The molecule has 0 fully saturated rings. The number of alkyl halides is 3. The lowest BCUT2D eigenvalue weighted by Crippen LogP contribution is -2.33. The van der Waals surface area contributed by atoms with Crippen LogP contribution in [-0.4, -0.2) is 39.7 Å². The van der Waals surface area contributed by atoms with E-state index in [9.17, 15) is 17.6 Å². The Hall–Kier alpha value is -4.49. The molecule has 9 nitrogen and oxygen atoms in total. The van der Waals surface area contributed by atoms with Crippen molar-refractivity contribution in [3.63, 3.8) is 0 Å². The lowest BCUT2D eigenvalue weighted by molar-refractivity contribution is -0.137. The van der Waals surface area contributed by atoms with Gasteiger partial charge in [0.2, 0.25) is 5.88 Å². The summed E-state index contributed by atoms with van der Waals surface area (Å²) >= 11 is 0. The lowest BCUT2D eigenvalue weighted by Gasteiger charge is -2.25. The summed E-state index contributed by atoms with van der Waals surface area (Å²) in [5, 5.41) is 0.0178. The minimum atomic E-state index is -5.05. The summed E-state index contributed by atoms with van der Waals surface area (Å²) in [7, 11) is 1.26. The molecular weight excluding hydrogens is 525 g/mol. The van der Waals surface area contributed by atoms with Gasteiger partial charge >= 0.3 is 12.2 Å². The number of aromatic nitrogens is 4. The first kappa shape index (κ1) is 26.1. The Labute approximate surface area is 218 Å². The number of hydrogen-bond acceptors (Lipinski definition) is 9. The molecule has 4 aromatic rings. The molecule has 1 unspecified atom stereocenters. The first-order valence-corrected chi connectivity index (χ1v) is 11.6. The van der Waals surface area contributed by atoms with Gasteiger partial charge in [0, 0.05) is 23.9 Å². The molecule has 1 aliphatic rings. The quantitative estimate of drug-likeness (QED) is 0.277. The van der Waals surface area contributed by atoms with Gasteiger partial charge in [-0.15, -0.1) is 0 Å². The first-order chi connectivity index (χ1) is 18.4. The monoisotopic (exact) mass is 547 g/mol. The van der Waals surface area contributed by atoms with Crippen LogP contribution in [0.2, 0.25) is 0 Å². The fraction of sp³-hybridized carbons (Fsp3) is 0.280. The summed E-state index contributed by atoms with van der Waals surface area (Å²) in [6.45, 7) is 3.02. The molecule has 0 amide bonds. The number of nitrogen functional groups attached to an aromatic ring is 2. The van der Waals surface area contributed by atoms with E-state index >= 15 is 4.39 Å². The van der Waals surface area contributed by atoms with Gasteiger partial charge in [-0.1, -0.05) is 6.07 Å². The highest BCUT2D eigenvalue weighted by molar-refractivity contribution is 5.97. The average molecular weight is 547 g/mol. The second-order valence-electron chi connectivity index (χ2n) is 9.02. The Balaban J connectivity index is 1.82. The molecule has 4 N–H and O–H groups in total. The maximum Gasteiger partial charge on any atom is 0.417 e. The molecule has 0 saturated heterocycles. The third kappa shape index (κ3) is 4.45.